The molecular formula is C14H16N4O4. The van der Waals surface area contributed by atoms with Gasteiger partial charge in [-0.3, -0.25) is 20.2 Å². The van der Waals surface area contributed by atoms with Crippen LogP contribution in [0.3, 0.4) is 0 Å². The third kappa shape index (κ3) is 4.44. The third-order valence-electron chi connectivity index (χ3n) is 2.86. The van der Waals surface area contributed by atoms with Crippen LogP contribution in [0.4, 0.5) is 22.7 Å². The minimum atomic E-state index is -0.484. The van der Waals surface area contributed by atoms with Crippen molar-refractivity contribution in [1.82, 2.24) is 0 Å². The van der Waals surface area contributed by atoms with Gasteiger partial charge in [-0.1, -0.05) is 12.1 Å². The normalized spacial score (nSPS) is 9.55. The zero-order valence-corrected chi connectivity index (χ0v) is 12.1. The highest BCUT2D eigenvalue weighted by Crippen LogP contribution is 2.21. The van der Waals surface area contributed by atoms with E-state index >= 15 is 0 Å². The van der Waals surface area contributed by atoms with Crippen molar-refractivity contribution in [3.05, 3.63) is 67.8 Å². The van der Waals surface area contributed by atoms with E-state index < -0.39 is 9.85 Å². The topological polar surface area (TPSA) is 138 Å². The molecular weight excluding hydrogens is 288 g/mol. The highest BCUT2D eigenvalue weighted by Gasteiger charge is 2.09. The fraction of sp³-hybridized carbons (Fsp3) is 0.143. The van der Waals surface area contributed by atoms with Crippen LogP contribution in [0, 0.1) is 34.1 Å². The standard InChI is InChI=1S/2C7H8N2O2/c1-5-2-3-6(9(10)11)4-7(5)8;1-5-2-3-6(8)7(4-5)9(10)11/h2*2-4H,8H2,1H3. The van der Waals surface area contributed by atoms with Crippen molar-refractivity contribution in [2.24, 2.45) is 0 Å². The van der Waals surface area contributed by atoms with Crippen molar-refractivity contribution in [2.45, 2.75) is 13.8 Å². The summed E-state index contributed by atoms with van der Waals surface area (Å²) < 4.78 is 0. The number of aryl methyl sites for hydroxylation is 2. The molecule has 0 bridgehead atoms. The fourth-order valence-electron chi connectivity index (χ4n) is 1.55. The summed E-state index contributed by atoms with van der Waals surface area (Å²) in [5.41, 5.74) is 13.2. The van der Waals surface area contributed by atoms with Crippen LogP contribution in [0.2, 0.25) is 0 Å². The van der Waals surface area contributed by atoms with Gasteiger partial charge in [-0.2, -0.15) is 0 Å². The Labute approximate surface area is 126 Å². The molecule has 2 aromatic rings. The second kappa shape index (κ2) is 7.02. The van der Waals surface area contributed by atoms with Crippen molar-refractivity contribution >= 4 is 22.7 Å². The second-order valence-electron chi connectivity index (χ2n) is 4.62. The third-order valence-corrected chi connectivity index (χ3v) is 2.86. The lowest BCUT2D eigenvalue weighted by molar-refractivity contribution is -0.384. The van der Waals surface area contributed by atoms with Gasteiger partial charge in [0, 0.05) is 23.9 Å². The minimum absolute atomic E-state index is 0.0231. The van der Waals surface area contributed by atoms with Crippen LogP contribution in [0.5, 0.6) is 0 Å². The number of nitro groups is 2. The zero-order valence-electron chi connectivity index (χ0n) is 12.1. The molecule has 0 aliphatic heterocycles. The van der Waals surface area contributed by atoms with Crippen molar-refractivity contribution < 1.29 is 9.85 Å². The molecule has 0 radical (unpaired) electrons. The number of nitro benzene ring substituents is 2. The first-order valence-electron chi connectivity index (χ1n) is 6.23. The van der Waals surface area contributed by atoms with E-state index in [9.17, 15) is 20.2 Å². The number of nitrogens with zero attached hydrogens (tertiary/aromatic N) is 2. The van der Waals surface area contributed by atoms with E-state index in [1.807, 2.05) is 0 Å². The Morgan fingerprint density at radius 2 is 1.50 bits per heavy atom. The van der Waals surface area contributed by atoms with E-state index in [4.69, 9.17) is 11.5 Å². The monoisotopic (exact) mass is 304 g/mol. The molecule has 0 heterocycles. The molecule has 116 valence electrons. The SMILES string of the molecule is Cc1ccc(N)c([N+](=O)[O-])c1.Cc1ccc([N+](=O)[O-])cc1N. The molecule has 0 unspecified atom stereocenters. The summed E-state index contributed by atoms with van der Waals surface area (Å²) >= 11 is 0. The molecule has 0 saturated heterocycles. The van der Waals surface area contributed by atoms with Crippen molar-refractivity contribution in [3.63, 3.8) is 0 Å². The minimum Gasteiger partial charge on any atom is -0.398 e. The summed E-state index contributed by atoms with van der Waals surface area (Å²) in [6.07, 6.45) is 0. The van der Waals surface area contributed by atoms with Crippen LogP contribution in [0.15, 0.2) is 36.4 Å². The van der Waals surface area contributed by atoms with Crippen LogP contribution < -0.4 is 11.5 Å². The molecule has 0 atom stereocenters. The highest BCUT2D eigenvalue weighted by atomic mass is 16.6. The molecule has 0 saturated carbocycles. The van der Waals surface area contributed by atoms with Gasteiger partial charge in [-0.15, -0.1) is 0 Å². The van der Waals surface area contributed by atoms with E-state index in [0.29, 0.717) is 5.69 Å². The molecule has 4 N–H and O–H groups in total. The van der Waals surface area contributed by atoms with E-state index in [-0.39, 0.29) is 17.1 Å². The number of non-ortho nitro benzene ring substituents is 1. The lowest BCUT2D eigenvalue weighted by Crippen LogP contribution is -1.95. The summed E-state index contributed by atoms with van der Waals surface area (Å²) in [4.78, 5) is 19.6. The molecule has 0 amide bonds. The average Bonchev–Trinajstić information content (AvgIpc) is 2.44. The quantitative estimate of drug-likeness (QED) is 0.496. The largest absolute Gasteiger partial charge is 0.398 e. The molecule has 0 aliphatic rings. The smallest absolute Gasteiger partial charge is 0.292 e. The Hall–Kier alpha value is -3.16. The van der Waals surface area contributed by atoms with Gasteiger partial charge in [0.15, 0.2) is 0 Å². The summed E-state index contributed by atoms with van der Waals surface area (Å²) in [6, 6.07) is 9.15. The Morgan fingerprint density at radius 1 is 0.864 bits per heavy atom. The summed E-state index contributed by atoms with van der Waals surface area (Å²) in [5.74, 6) is 0. The number of hydrogen-bond acceptors (Lipinski definition) is 6. The highest BCUT2D eigenvalue weighted by molar-refractivity contribution is 5.58. The second-order valence-corrected chi connectivity index (χ2v) is 4.62. The van der Waals surface area contributed by atoms with Crippen LogP contribution in [-0.4, -0.2) is 9.85 Å². The van der Waals surface area contributed by atoms with E-state index in [1.165, 1.54) is 24.3 Å². The Bertz CT molecular complexity index is 716. The Kier molecular flexibility index (Phi) is 5.39. The van der Waals surface area contributed by atoms with Gasteiger partial charge in [0.05, 0.1) is 9.85 Å². The van der Waals surface area contributed by atoms with Crippen molar-refractivity contribution in [3.8, 4) is 0 Å². The van der Waals surface area contributed by atoms with Crippen molar-refractivity contribution in [1.29, 1.82) is 0 Å². The van der Waals surface area contributed by atoms with E-state index in [1.54, 1.807) is 26.0 Å². The lowest BCUT2D eigenvalue weighted by Gasteiger charge is -1.97. The van der Waals surface area contributed by atoms with Crippen LogP contribution in [0.1, 0.15) is 11.1 Å². The lowest BCUT2D eigenvalue weighted by atomic mass is 10.2. The van der Waals surface area contributed by atoms with Gasteiger partial charge in [-0.05, 0) is 31.0 Å². The van der Waals surface area contributed by atoms with Crippen LogP contribution in [-0.2, 0) is 0 Å². The van der Waals surface area contributed by atoms with Gasteiger partial charge in [0.2, 0.25) is 0 Å². The average molecular weight is 304 g/mol. The fourth-order valence-corrected chi connectivity index (χ4v) is 1.55. The molecule has 8 heteroatoms. The van der Waals surface area contributed by atoms with Gasteiger partial charge in [-0.25, -0.2) is 0 Å². The number of rotatable bonds is 2. The van der Waals surface area contributed by atoms with E-state index in [0.717, 1.165) is 11.1 Å². The Morgan fingerprint density at radius 3 is 1.95 bits per heavy atom. The first-order valence-corrected chi connectivity index (χ1v) is 6.23. The molecule has 0 spiro atoms. The number of benzene rings is 2. The number of hydrogen-bond donors (Lipinski definition) is 2. The zero-order chi connectivity index (χ0) is 16.9. The molecule has 0 aliphatic carbocycles. The van der Waals surface area contributed by atoms with Gasteiger partial charge in [0.1, 0.15) is 5.69 Å². The maximum atomic E-state index is 10.3. The number of nitrogens with two attached hydrogens (primary N) is 2. The van der Waals surface area contributed by atoms with Crippen LogP contribution >= 0.6 is 0 Å². The summed E-state index contributed by atoms with van der Waals surface area (Å²) in [6.45, 7) is 3.59. The summed E-state index contributed by atoms with van der Waals surface area (Å²) in [5, 5.41) is 20.5. The molecule has 2 rings (SSSR count). The van der Waals surface area contributed by atoms with Gasteiger partial charge in [0.25, 0.3) is 11.4 Å². The number of anilines is 2. The predicted octanol–water partition coefficient (Wildman–Crippen LogP) is 2.97. The maximum Gasteiger partial charge on any atom is 0.292 e. The van der Waals surface area contributed by atoms with Gasteiger partial charge < -0.3 is 11.5 Å². The first kappa shape index (κ1) is 16.9. The molecule has 8 nitrogen and oxygen atoms in total. The van der Waals surface area contributed by atoms with Crippen molar-refractivity contribution in [2.75, 3.05) is 11.5 Å². The van der Waals surface area contributed by atoms with Crippen LogP contribution in [0.25, 0.3) is 0 Å². The molecule has 22 heavy (non-hydrogen) atoms. The predicted molar refractivity (Wildman–Crippen MR) is 84.5 cm³/mol. The molecule has 0 aromatic heterocycles. The number of nitrogen functional groups attached to an aromatic ring is 2. The first-order chi connectivity index (χ1) is 10.2. The maximum absolute atomic E-state index is 10.3. The molecule has 2 aromatic carbocycles. The van der Waals surface area contributed by atoms with E-state index in [2.05, 4.69) is 0 Å². The molecule has 0 fully saturated rings. The van der Waals surface area contributed by atoms with Gasteiger partial charge >= 0.3 is 0 Å². The Balaban J connectivity index is 0.000000220. The summed E-state index contributed by atoms with van der Waals surface area (Å²) in [7, 11) is 0.